The van der Waals surface area contributed by atoms with E-state index in [4.69, 9.17) is 0 Å². The zero-order chi connectivity index (χ0) is 7.11. The smallest absolute Gasteiger partial charge is 0.0825 e. The van der Waals surface area contributed by atoms with Crippen molar-refractivity contribution in [3.63, 3.8) is 0 Å². The molecule has 0 bridgehead atoms. The lowest BCUT2D eigenvalue weighted by molar-refractivity contribution is 0.648. The number of aliphatic imine (C=N–C) groups is 1. The summed E-state index contributed by atoms with van der Waals surface area (Å²) < 4.78 is 0. The predicted molar refractivity (Wildman–Crippen MR) is 41.9 cm³/mol. The minimum atomic E-state index is 0.556. The van der Waals surface area contributed by atoms with E-state index in [0.29, 0.717) is 6.04 Å². The van der Waals surface area contributed by atoms with Crippen LogP contribution in [0, 0.1) is 0 Å². The number of nitrogens with one attached hydrogen (secondary N) is 1. The molecule has 1 atom stereocenters. The van der Waals surface area contributed by atoms with Crippen molar-refractivity contribution in [2.45, 2.75) is 33.2 Å². The van der Waals surface area contributed by atoms with Crippen LogP contribution in [0.25, 0.3) is 0 Å². The molecular weight excluding hydrogens is 112 g/mol. The lowest BCUT2D eigenvalue weighted by Crippen LogP contribution is -2.23. The van der Waals surface area contributed by atoms with Crippen LogP contribution < -0.4 is 5.32 Å². The molecule has 1 unspecified atom stereocenters. The van der Waals surface area contributed by atoms with Gasteiger partial charge in [0.15, 0.2) is 0 Å². The van der Waals surface area contributed by atoms with Gasteiger partial charge in [-0.05, 0) is 20.3 Å². The summed E-state index contributed by atoms with van der Waals surface area (Å²) in [7, 11) is 0. The first kappa shape index (κ1) is 8.47. The summed E-state index contributed by atoms with van der Waals surface area (Å²) in [5.74, 6) is 0. The fraction of sp³-hybridized carbons (Fsp3) is 0.857. The molecule has 0 aromatic rings. The lowest BCUT2D eigenvalue weighted by atomic mass is 10.3. The zero-order valence-corrected chi connectivity index (χ0v) is 6.52. The van der Waals surface area contributed by atoms with Gasteiger partial charge in [0.05, 0.1) is 6.34 Å². The van der Waals surface area contributed by atoms with E-state index < -0.39 is 0 Å². The normalized spacial score (nSPS) is 14.1. The molecule has 0 aromatic carbocycles. The van der Waals surface area contributed by atoms with E-state index in [9.17, 15) is 0 Å². The van der Waals surface area contributed by atoms with E-state index in [2.05, 4.69) is 24.2 Å². The fourth-order valence-electron chi connectivity index (χ4n) is 0.389. The van der Waals surface area contributed by atoms with Crippen LogP contribution in [0.15, 0.2) is 4.99 Å². The Morgan fingerprint density at radius 3 is 2.67 bits per heavy atom. The maximum absolute atomic E-state index is 4.02. The third kappa shape index (κ3) is 5.34. The van der Waals surface area contributed by atoms with E-state index >= 15 is 0 Å². The Hall–Kier alpha value is -0.530. The van der Waals surface area contributed by atoms with Gasteiger partial charge in [-0.3, -0.25) is 4.99 Å². The van der Waals surface area contributed by atoms with Crippen molar-refractivity contribution in [3.05, 3.63) is 0 Å². The average molecular weight is 128 g/mol. The van der Waals surface area contributed by atoms with Gasteiger partial charge in [-0.15, -0.1) is 0 Å². The molecule has 0 aromatic heterocycles. The lowest BCUT2D eigenvalue weighted by Gasteiger charge is -2.05. The van der Waals surface area contributed by atoms with Crippen molar-refractivity contribution >= 4 is 6.34 Å². The maximum atomic E-state index is 4.02. The van der Waals surface area contributed by atoms with Crippen LogP contribution in [0.2, 0.25) is 0 Å². The second kappa shape index (κ2) is 5.60. The van der Waals surface area contributed by atoms with Crippen LogP contribution in [0.3, 0.4) is 0 Å². The molecule has 0 aliphatic carbocycles. The second-order valence-electron chi connectivity index (χ2n) is 2.10. The molecule has 0 radical (unpaired) electrons. The summed E-state index contributed by atoms with van der Waals surface area (Å²) in [6.45, 7) is 7.18. The van der Waals surface area contributed by atoms with Crippen LogP contribution in [0.1, 0.15) is 27.2 Å². The molecule has 0 amide bonds. The van der Waals surface area contributed by atoms with Crippen molar-refractivity contribution in [2.24, 2.45) is 4.99 Å². The largest absolute Gasteiger partial charge is 0.374 e. The highest BCUT2D eigenvalue weighted by Crippen LogP contribution is 1.83. The van der Waals surface area contributed by atoms with Gasteiger partial charge in [-0.1, -0.05) is 6.92 Å². The predicted octanol–water partition coefficient (Wildman–Crippen LogP) is 1.42. The number of hydrogen-bond donors (Lipinski definition) is 1. The highest BCUT2D eigenvalue weighted by atomic mass is 15.0. The Labute approximate surface area is 57.4 Å². The van der Waals surface area contributed by atoms with Crippen LogP contribution in [-0.2, 0) is 0 Å². The molecule has 2 heteroatoms. The van der Waals surface area contributed by atoms with Crippen molar-refractivity contribution in [1.82, 2.24) is 5.32 Å². The SMILES string of the molecule is CCN=CNC(C)CC. The van der Waals surface area contributed by atoms with Gasteiger partial charge >= 0.3 is 0 Å². The second-order valence-corrected chi connectivity index (χ2v) is 2.10. The zero-order valence-electron chi connectivity index (χ0n) is 6.52. The van der Waals surface area contributed by atoms with Crippen LogP contribution in [-0.4, -0.2) is 18.9 Å². The topological polar surface area (TPSA) is 24.4 Å². The quantitative estimate of drug-likeness (QED) is 0.449. The molecule has 0 rings (SSSR count). The van der Waals surface area contributed by atoms with Gasteiger partial charge in [0, 0.05) is 12.6 Å². The molecule has 0 heterocycles. The molecule has 0 aliphatic rings. The highest BCUT2D eigenvalue weighted by molar-refractivity contribution is 5.54. The van der Waals surface area contributed by atoms with E-state index in [-0.39, 0.29) is 0 Å². The summed E-state index contributed by atoms with van der Waals surface area (Å²) in [6.07, 6.45) is 2.93. The van der Waals surface area contributed by atoms with Gasteiger partial charge in [0.2, 0.25) is 0 Å². The molecule has 0 fully saturated rings. The first-order valence-electron chi connectivity index (χ1n) is 3.55. The molecule has 1 N–H and O–H groups in total. The fourth-order valence-corrected chi connectivity index (χ4v) is 0.389. The van der Waals surface area contributed by atoms with Gasteiger partial charge in [0.1, 0.15) is 0 Å². The third-order valence-electron chi connectivity index (χ3n) is 1.25. The van der Waals surface area contributed by atoms with Gasteiger partial charge in [-0.25, -0.2) is 0 Å². The minimum absolute atomic E-state index is 0.556. The standard InChI is InChI=1S/C7H16N2/c1-4-7(3)9-6-8-5-2/h6-7H,4-5H2,1-3H3,(H,8,9). The minimum Gasteiger partial charge on any atom is -0.374 e. The van der Waals surface area contributed by atoms with Gasteiger partial charge < -0.3 is 5.32 Å². The van der Waals surface area contributed by atoms with Crippen molar-refractivity contribution in [3.8, 4) is 0 Å². The number of nitrogens with zero attached hydrogens (tertiary/aromatic N) is 1. The Kier molecular flexibility index (Phi) is 5.27. The Morgan fingerprint density at radius 1 is 1.56 bits per heavy atom. The van der Waals surface area contributed by atoms with Gasteiger partial charge in [-0.2, -0.15) is 0 Å². The summed E-state index contributed by atoms with van der Waals surface area (Å²) in [5, 5.41) is 3.14. The van der Waals surface area contributed by atoms with Crippen LogP contribution in [0.5, 0.6) is 0 Å². The molecule has 9 heavy (non-hydrogen) atoms. The molecule has 0 saturated carbocycles. The first-order valence-corrected chi connectivity index (χ1v) is 3.55. The summed E-state index contributed by atoms with van der Waals surface area (Å²) >= 11 is 0. The molecule has 0 aliphatic heterocycles. The molecule has 54 valence electrons. The van der Waals surface area contributed by atoms with Crippen molar-refractivity contribution < 1.29 is 0 Å². The van der Waals surface area contributed by atoms with E-state index in [0.717, 1.165) is 13.0 Å². The monoisotopic (exact) mass is 128 g/mol. The highest BCUT2D eigenvalue weighted by Gasteiger charge is 1.89. The Morgan fingerprint density at radius 2 is 2.22 bits per heavy atom. The average Bonchev–Trinajstić information content (AvgIpc) is 1.89. The number of rotatable bonds is 4. The van der Waals surface area contributed by atoms with Gasteiger partial charge in [0.25, 0.3) is 0 Å². The van der Waals surface area contributed by atoms with E-state index in [1.54, 1.807) is 6.34 Å². The molecule has 2 nitrogen and oxygen atoms in total. The molecular formula is C7H16N2. The Bertz CT molecular complexity index is 79.0. The third-order valence-corrected chi connectivity index (χ3v) is 1.25. The molecule has 0 saturated heterocycles. The first-order chi connectivity index (χ1) is 4.31. The van der Waals surface area contributed by atoms with Crippen LogP contribution >= 0.6 is 0 Å². The van der Waals surface area contributed by atoms with Crippen molar-refractivity contribution in [2.75, 3.05) is 6.54 Å². The summed E-state index contributed by atoms with van der Waals surface area (Å²) in [6, 6.07) is 0.556. The summed E-state index contributed by atoms with van der Waals surface area (Å²) in [5.41, 5.74) is 0. The molecule has 0 spiro atoms. The Balaban J connectivity index is 3.15. The van der Waals surface area contributed by atoms with Crippen LogP contribution in [0.4, 0.5) is 0 Å². The maximum Gasteiger partial charge on any atom is 0.0825 e. The summed E-state index contributed by atoms with van der Waals surface area (Å²) in [4.78, 5) is 4.02. The van der Waals surface area contributed by atoms with E-state index in [1.165, 1.54) is 0 Å². The van der Waals surface area contributed by atoms with E-state index in [1.807, 2.05) is 6.92 Å². The van der Waals surface area contributed by atoms with Crippen molar-refractivity contribution in [1.29, 1.82) is 0 Å². The number of hydrogen-bond acceptors (Lipinski definition) is 1.